The average molecular weight is 223 g/mol. The van der Waals surface area contributed by atoms with Crippen molar-refractivity contribution in [2.75, 3.05) is 5.88 Å². The summed E-state index contributed by atoms with van der Waals surface area (Å²) in [7, 11) is 0. The largest absolute Gasteiger partial charge is 0.508 e. The first-order chi connectivity index (χ1) is 7.24. The van der Waals surface area contributed by atoms with Gasteiger partial charge in [0, 0.05) is 5.56 Å². The Morgan fingerprint density at radius 3 is 2.60 bits per heavy atom. The monoisotopic (exact) mass is 222 g/mol. The second-order valence-electron chi connectivity index (χ2n) is 3.39. The Bertz CT molecular complexity index is 482. The zero-order chi connectivity index (χ0) is 10.8. The molecule has 0 amide bonds. The van der Waals surface area contributed by atoms with Crippen molar-refractivity contribution in [3.8, 4) is 5.75 Å². The van der Waals surface area contributed by atoms with E-state index in [2.05, 4.69) is 0 Å². The molecule has 2 N–H and O–H groups in total. The van der Waals surface area contributed by atoms with Crippen LogP contribution in [0, 0.1) is 0 Å². The number of hydrogen-bond donors (Lipinski definition) is 2. The fraction of sp³-hybridized carbons (Fsp3) is 0.167. The van der Waals surface area contributed by atoms with Crippen molar-refractivity contribution in [2.24, 2.45) is 0 Å². The molecule has 1 atom stereocenters. The standard InChI is InChI=1S/C12H11ClO2/c13-7-11(15)12-9-4-2-1-3-8(9)5-6-10(12)14/h1-6,11,14-15H,7H2. The molecule has 0 spiro atoms. The van der Waals surface area contributed by atoms with Gasteiger partial charge in [-0.25, -0.2) is 0 Å². The number of aliphatic hydroxyl groups is 1. The van der Waals surface area contributed by atoms with Crippen LogP contribution in [-0.4, -0.2) is 16.1 Å². The van der Waals surface area contributed by atoms with Gasteiger partial charge in [-0.15, -0.1) is 11.6 Å². The lowest BCUT2D eigenvalue weighted by molar-refractivity contribution is 0.200. The lowest BCUT2D eigenvalue weighted by Crippen LogP contribution is -2.00. The molecule has 2 nitrogen and oxygen atoms in total. The van der Waals surface area contributed by atoms with E-state index in [1.807, 2.05) is 30.3 Å². The highest BCUT2D eigenvalue weighted by Gasteiger charge is 2.14. The first kappa shape index (κ1) is 10.3. The highest BCUT2D eigenvalue weighted by atomic mass is 35.5. The molecule has 0 fully saturated rings. The zero-order valence-electron chi connectivity index (χ0n) is 8.02. The Kier molecular flexibility index (Phi) is 2.80. The molecule has 2 aromatic carbocycles. The number of phenolic OH excluding ortho intramolecular Hbond substituents is 1. The molecule has 2 rings (SSSR count). The number of phenols is 1. The van der Waals surface area contributed by atoms with Gasteiger partial charge in [-0.2, -0.15) is 0 Å². The zero-order valence-corrected chi connectivity index (χ0v) is 8.78. The van der Waals surface area contributed by atoms with Crippen LogP contribution in [0.1, 0.15) is 11.7 Å². The van der Waals surface area contributed by atoms with Crippen molar-refractivity contribution in [1.29, 1.82) is 0 Å². The normalized spacial score (nSPS) is 12.9. The molecule has 0 bridgehead atoms. The predicted molar refractivity (Wildman–Crippen MR) is 61.3 cm³/mol. The molecular weight excluding hydrogens is 212 g/mol. The Hall–Kier alpha value is -1.25. The van der Waals surface area contributed by atoms with Crippen molar-refractivity contribution < 1.29 is 10.2 Å². The van der Waals surface area contributed by atoms with Gasteiger partial charge in [0.25, 0.3) is 0 Å². The van der Waals surface area contributed by atoms with Gasteiger partial charge < -0.3 is 10.2 Å². The SMILES string of the molecule is Oc1ccc2ccccc2c1C(O)CCl. The molecule has 3 heteroatoms. The fourth-order valence-corrected chi connectivity index (χ4v) is 1.87. The molecule has 0 aromatic heterocycles. The molecule has 0 radical (unpaired) electrons. The Balaban J connectivity index is 2.74. The van der Waals surface area contributed by atoms with Crippen LogP contribution in [0.3, 0.4) is 0 Å². The Morgan fingerprint density at radius 2 is 1.87 bits per heavy atom. The lowest BCUT2D eigenvalue weighted by Gasteiger charge is -2.12. The molecule has 78 valence electrons. The lowest BCUT2D eigenvalue weighted by atomic mass is 10.00. The third-order valence-electron chi connectivity index (χ3n) is 2.43. The van der Waals surface area contributed by atoms with Gasteiger partial charge in [-0.3, -0.25) is 0 Å². The van der Waals surface area contributed by atoms with E-state index in [1.165, 1.54) is 0 Å². The van der Waals surface area contributed by atoms with E-state index in [0.29, 0.717) is 5.56 Å². The van der Waals surface area contributed by atoms with Crippen LogP contribution in [0.15, 0.2) is 36.4 Å². The number of benzene rings is 2. The summed E-state index contributed by atoms with van der Waals surface area (Å²) in [6.07, 6.45) is -0.835. The van der Waals surface area contributed by atoms with Crippen LogP contribution < -0.4 is 0 Å². The first-order valence-corrected chi connectivity index (χ1v) is 5.22. The molecule has 0 aliphatic rings. The maximum Gasteiger partial charge on any atom is 0.122 e. The second-order valence-corrected chi connectivity index (χ2v) is 3.70. The summed E-state index contributed by atoms with van der Waals surface area (Å²) in [6, 6.07) is 11.0. The molecule has 2 aromatic rings. The van der Waals surface area contributed by atoms with Crippen LogP contribution in [0.25, 0.3) is 10.8 Å². The van der Waals surface area contributed by atoms with Crippen molar-refractivity contribution in [2.45, 2.75) is 6.10 Å². The summed E-state index contributed by atoms with van der Waals surface area (Å²) in [6.45, 7) is 0. The summed E-state index contributed by atoms with van der Waals surface area (Å²) in [4.78, 5) is 0. The molecule has 0 heterocycles. The van der Waals surface area contributed by atoms with Gasteiger partial charge in [0.15, 0.2) is 0 Å². The molecule has 0 aliphatic heterocycles. The summed E-state index contributed by atoms with van der Waals surface area (Å²) >= 11 is 5.60. The molecule has 1 unspecified atom stereocenters. The van der Waals surface area contributed by atoms with Gasteiger partial charge >= 0.3 is 0 Å². The van der Waals surface area contributed by atoms with Crippen molar-refractivity contribution in [1.82, 2.24) is 0 Å². The third-order valence-corrected chi connectivity index (χ3v) is 2.72. The number of aliphatic hydroxyl groups excluding tert-OH is 1. The minimum Gasteiger partial charge on any atom is -0.508 e. The summed E-state index contributed by atoms with van der Waals surface area (Å²) in [5.74, 6) is 0.156. The Labute approximate surface area is 92.7 Å². The average Bonchev–Trinajstić information content (AvgIpc) is 2.28. The molecule has 0 saturated heterocycles. The number of aromatic hydroxyl groups is 1. The topological polar surface area (TPSA) is 40.5 Å². The minimum absolute atomic E-state index is 0.0710. The first-order valence-electron chi connectivity index (χ1n) is 4.68. The third kappa shape index (κ3) is 1.78. The molecule has 0 saturated carbocycles. The number of hydrogen-bond acceptors (Lipinski definition) is 2. The second kappa shape index (κ2) is 4.09. The number of halogens is 1. The van der Waals surface area contributed by atoms with Crippen LogP contribution in [-0.2, 0) is 0 Å². The maximum absolute atomic E-state index is 9.72. The van der Waals surface area contributed by atoms with Gasteiger partial charge in [0.1, 0.15) is 5.75 Å². The molecule has 0 aliphatic carbocycles. The number of fused-ring (bicyclic) bond motifs is 1. The number of alkyl halides is 1. The van der Waals surface area contributed by atoms with E-state index in [1.54, 1.807) is 6.07 Å². The van der Waals surface area contributed by atoms with E-state index >= 15 is 0 Å². The predicted octanol–water partition coefficient (Wildman–Crippen LogP) is 2.82. The van der Waals surface area contributed by atoms with Crippen molar-refractivity contribution in [3.63, 3.8) is 0 Å². The van der Waals surface area contributed by atoms with Gasteiger partial charge in [0.2, 0.25) is 0 Å². The van der Waals surface area contributed by atoms with Crippen LogP contribution in [0.4, 0.5) is 0 Å². The van der Waals surface area contributed by atoms with Gasteiger partial charge in [0.05, 0.1) is 12.0 Å². The fourth-order valence-electron chi connectivity index (χ4n) is 1.71. The van der Waals surface area contributed by atoms with E-state index in [0.717, 1.165) is 10.8 Å². The van der Waals surface area contributed by atoms with E-state index < -0.39 is 6.10 Å². The van der Waals surface area contributed by atoms with Gasteiger partial charge in [-0.05, 0) is 16.8 Å². The van der Waals surface area contributed by atoms with Crippen LogP contribution >= 0.6 is 11.6 Å². The minimum atomic E-state index is -0.835. The molecular formula is C12H11ClO2. The van der Waals surface area contributed by atoms with Crippen molar-refractivity contribution >= 4 is 22.4 Å². The van der Waals surface area contributed by atoms with Crippen LogP contribution in [0.2, 0.25) is 0 Å². The quantitative estimate of drug-likeness (QED) is 0.768. The summed E-state index contributed by atoms with van der Waals surface area (Å²) in [5.41, 5.74) is 0.503. The smallest absolute Gasteiger partial charge is 0.122 e. The Morgan fingerprint density at radius 1 is 1.13 bits per heavy atom. The van der Waals surface area contributed by atoms with E-state index in [-0.39, 0.29) is 11.6 Å². The van der Waals surface area contributed by atoms with Gasteiger partial charge in [-0.1, -0.05) is 30.3 Å². The van der Waals surface area contributed by atoms with E-state index in [9.17, 15) is 10.2 Å². The highest BCUT2D eigenvalue weighted by Crippen LogP contribution is 2.32. The van der Waals surface area contributed by atoms with Crippen molar-refractivity contribution in [3.05, 3.63) is 42.0 Å². The maximum atomic E-state index is 9.72. The van der Waals surface area contributed by atoms with E-state index in [4.69, 9.17) is 11.6 Å². The number of rotatable bonds is 2. The summed E-state index contributed by atoms with van der Waals surface area (Å²) < 4.78 is 0. The molecule has 15 heavy (non-hydrogen) atoms. The summed E-state index contributed by atoms with van der Waals surface area (Å²) in [5, 5.41) is 21.2. The van der Waals surface area contributed by atoms with Crippen LogP contribution in [0.5, 0.6) is 5.75 Å². The highest BCUT2D eigenvalue weighted by molar-refractivity contribution is 6.18.